The number of carbonyl (C=O) groups excluding carboxylic acids is 1. The number of hydrogen-bond donors (Lipinski definition) is 4. The van der Waals surface area contributed by atoms with Crippen molar-refractivity contribution in [3.8, 4) is 11.3 Å². The number of sulfonamides is 1. The molecule has 174 valence electrons. The number of nitrogens with one attached hydrogen (secondary N) is 2. The molecule has 33 heavy (non-hydrogen) atoms. The van der Waals surface area contributed by atoms with Gasteiger partial charge in [-0.1, -0.05) is 18.2 Å². The first-order valence-corrected chi connectivity index (χ1v) is 12.0. The van der Waals surface area contributed by atoms with E-state index in [1.807, 2.05) is 4.90 Å². The number of rotatable bonds is 6. The fourth-order valence-corrected chi connectivity index (χ4v) is 4.49. The van der Waals surface area contributed by atoms with Crippen LogP contribution in [0.3, 0.4) is 0 Å². The van der Waals surface area contributed by atoms with Crippen LogP contribution >= 0.6 is 0 Å². The zero-order valence-electron chi connectivity index (χ0n) is 17.8. The van der Waals surface area contributed by atoms with Crippen LogP contribution in [0.2, 0.25) is 0 Å². The Kier molecular flexibility index (Phi) is 6.45. The first kappa shape index (κ1) is 22.9. The Bertz CT molecular complexity index is 1270. The molecule has 9 nitrogen and oxygen atoms in total. The zero-order valence-corrected chi connectivity index (χ0v) is 18.6. The number of hydrogen-bond acceptors (Lipinski definition) is 6. The van der Waals surface area contributed by atoms with Crippen LogP contribution in [-0.4, -0.2) is 43.9 Å². The first-order chi connectivity index (χ1) is 15.8. The molecule has 2 aromatic carbocycles. The van der Waals surface area contributed by atoms with Gasteiger partial charge in [0.15, 0.2) is 5.82 Å². The standard InChI is InChI=1S/C22H25FN6O3S/c23-17-5-2-6-18(20(17)29-9-7-14(12-24)8-10-29)28-22(30)21-26-13-19(27-21)15-3-1-4-16(11-15)33(25,31)32/h1-6,11,13-14H,7-10,12,24H2,(H,26,27)(H,28,30)(H2,25,31,32). The average molecular weight is 473 g/mol. The van der Waals surface area contributed by atoms with Crippen molar-refractivity contribution in [2.75, 3.05) is 29.9 Å². The summed E-state index contributed by atoms with van der Waals surface area (Å²) in [4.78, 5) is 21.7. The molecule has 6 N–H and O–H groups in total. The van der Waals surface area contributed by atoms with Gasteiger partial charge in [-0.25, -0.2) is 22.9 Å². The van der Waals surface area contributed by atoms with Crippen LogP contribution in [0, 0.1) is 11.7 Å². The van der Waals surface area contributed by atoms with E-state index in [4.69, 9.17) is 10.9 Å². The Hall–Kier alpha value is -3.28. The Morgan fingerprint density at radius 2 is 1.94 bits per heavy atom. The van der Waals surface area contributed by atoms with E-state index in [1.54, 1.807) is 18.2 Å². The number of piperidine rings is 1. The Morgan fingerprint density at radius 3 is 2.64 bits per heavy atom. The second kappa shape index (κ2) is 9.30. The van der Waals surface area contributed by atoms with Crippen molar-refractivity contribution in [3.05, 3.63) is 60.3 Å². The van der Waals surface area contributed by atoms with E-state index in [9.17, 15) is 17.6 Å². The highest BCUT2D eigenvalue weighted by atomic mass is 32.2. The Balaban J connectivity index is 1.55. The third-order valence-corrected chi connectivity index (χ3v) is 6.67. The number of primary sulfonamides is 1. The monoisotopic (exact) mass is 472 g/mol. The molecule has 0 bridgehead atoms. The molecular weight excluding hydrogens is 447 g/mol. The highest BCUT2D eigenvalue weighted by Gasteiger charge is 2.24. The Morgan fingerprint density at radius 1 is 1.21 bits per heavy atom. The van der Waals surface area contributed by atoms with Crippen molar-refractivity contribution in [2.24, 2.45) is 16.8 Å². The maximum absolute atomic E-state index is 14.7. The van der Waals surface area contributed by atoms with E-state index in [0.29, 0.717) is 48.2 Å². The van der Waals surface area contributed by atoms with Crippen molar-refractivity contribution in [1.82, 2.24) is 9.97 Å². The minimum absolute atomic E-state index is 0.00283. The van der Waals surface area contributed by atoms with E-state index in [1.165, 1.54) is 30.5 Å². The van der Waals surface area contributed by atoms with Crippen LogP contribution in [0.1, 0.15) is 23.5 Å². The molecule has 4 rings (SSSR count). The molecule has 1 aliphatic rings. The molecule has 0 saturated carbocycles. The third-order valence-electron chi connectivity index (χ3n) is 5.76. The number of amides is 1. The van der Waals surface area contributed by atoms with E-state index in [0.717, 1.165) is 12.8 Å². The van der Waals surface area contributed by atoms with Crippen molar-refractivity contribution >= 4 is 27.3 Å². The number of nitrogens with two attached hydrogens (primary N) is 2. The van der Waals surface area contributed by atoms with E-state index >= 15 is 0 Å². The SMILES string of the molecule is NCC1CCN(c2c(F)cccc2NC(=O)c2ncc(-c3cccc(S(N)(=O)=O)c3)[nH]2)CC1. The summed E-state index contributed by atoms with van der Waals surface area (Å²) in [5.74, 6) is -0.546. The molecule has 0 unspecified atom stereocenters. The summed E-state index contributed by atoms with van der Waals surface area (Å²) in [6.45, 7) is 1.91. The number of anilines is 2. The lowest BCUT2D eigenvalue weighted by Crippen LogP contribution is -2.37. The predicted octanol–water partition coefficient (Wildman–Crippen LogP) is 2.29. The van der Waals surface area contributed by atoms with Gasteiger partial charge >= 0.3 is 0 Å². The van der Waals surface area contributed by atoms with Crippen LogP contribution < -0.4 is 21.1 Å². The Labute approximate surface area is 191 Å². The molecule has 2 heterocycles. The molecule has 3 aromatic rings. The van der Waals surface area contributed by atoms with Crippen molar-refractivity contribution in [2.45, 2.75) is 17.7 Å². The van der Waals surface area contributed by atoms with Gasteiger partial charge in [0, 0.05) is 18.7 Å². The van der Waals surface area contributed by atoms with Gasteiger partial charge in [0.2, 0.25) is 10.0 Å². The molecule has 1 saturated heterocycles. The van der Waals surface area contributed by atoms with E-state index in [2.05, 4.69) is 15.3 Å². The lowest BCUT2D eigenvalue weighted by molar-refractivity contribution is 0.101. The number of nitrogens with zero attached hydrogens (tertiary/aromatic N) is 2. The van der Waals surface area contributed by atoms with Crippen molar-refractivity contribution in [1.29, 1.82) is 0 Å². The smallest absolute Gasteiger partial charge is 0.291 e. The number of imidazole rings is 1. The summed E-state index contributed by atoms with van der Waals surface area (Å²) in [5, 5.41) is 7.92. The molecular formula is C22H25FN6O3S. The number of para-hydroxylation sites is 1. The van der Waals surface area contributed by atoms with Gasteiger partial charge in [-0.15, -0.1) is 0 Å². The molecule has 0 radical (unpaired) electrons. The number of benzene rings is 2. The average Bonchev–Trinajstić information content (AvgIpc) is 3.30. The topological polar surface area (TPSA) is 147 Å². The number of aromatic amines is 1. The normalized spacial score (nSPS) is 14.9. The van der Waals surface area contributed by atoms with Crippen LogP contribution in [0.5, 0.6) is 0 Å². The van der Waals surface area contributed by atoms with Gasteiger partial charge < -0.3 is 20.9 Å². The number of carbonyl (C=O) groups is 1. The summed E-state index contributed by atoms with van der Waals surface area (Å²) >= 11 is 0. The van der Waals surface area contributed by atoms with E-state index in [-0.39, 0.29) is 10.7 Å². The van der Waals surface area contributed by atoms with Crippen LogP contribution in [0.15, 0.2) is 53.6 Å². The summed E-state index contributed by atoms with van der Waals surface area (Å²) < 4.78 is 37.9. The number of aromatic nitrogens is 2. The molecule has 1 fully saturated rings. The zero-order chi connectivity index (χ0) is 23.6. The van der Waals surface area contributed by atoms with Crippen molar-refractivity contribution in [3.63, 3.8) is 0 Å². The largest absolute Gasteiger partial charge is 0.367 e. The number of H-pyrrole nitrogens is 1. The van der Waals surface area contributed by atoms with Gasteiger partial charge in [-0.3, -0.25) is 4.79 Å². The highest BCUT2D eigenvalue weighted by molar-refractivity contribution is 7.89. The van der Waals surface area contributed by atoms with Gasteiger partial charge in [0.25, 0.3) is 5.91 Å². The lowest BCUT2D eigenvalue weighted by Gasteiger charge is -2.34. The number of halogens is 1. The minimum Gasteiger partial charge on any atom is -0.367 e. The summed E-state index contributed by atoms with van der Waals surface area (Å²) in [6, 6.07) is 10.5. The quantitative estimate of drug-likeness (QED) is 0.433. The minimum atomic E-state index is -3.87. The maximum atomic E-state index is 14.7. The van der Waals surface area contributed by atoms with E-state index < -0.39 is 21.7 Å². The van der Waals surface area contributed by atoms with Crippen LogP contribution in [0.25, 0.3) is 11.3 Å². The van der Waals surface area contributed by atoms with Crippen LogP contribution in [-0.2, 0) is 10.0 Å². The summed E-state index contributed by atoms with van der Waals surface area (Å²) in [6.07, 6.45) is 3.13. The second-order valence-corrected chi connectivity index (χ2v) is 9.54. The predicted molar refractivity (Wildman–Crippen MR) is 124 cm³/mol. The maximum Gasteiger partial charge on any atom is 0.291 e. The second-order valence-electron chi connectivity index (χ2n) is 7.97. The van der Waals surface area contributed by atoms with Crippen LogP contribution in [0.4, 0.5) is 15.8 Å². The molecule has 1 aromatic heterocycles. The third kappa shape index (κ3) is 5.05. The van der Waals surface area contributed by atoms with Gasteiger partial charge in [-0.2, -0.15) is 0 Å². The molecule has 11 heteroatoms. The molecule has 0 spiro atoms. The van der Waals surface area contributed by atoms with Gasteiger partial charge in [0.1, 0.15) is 5.82 Å². The molecule has 0 atom stereocenters. The van der Waals surface area contributed by atoms with Gasteiger partial charge in [0.05, 0.1) is 28.2 Å². The van der Waals surface area contributed by atoms with Crippen molar-refractivity contribution < 1.29 is 17.6 Å². The fourth-order valence-electron chi connectivity index (χ4n) is 3.94. The molecule has 1 aliphatic heterocycles. The fraction of sp³-hybridized carbons (Fsp3) is 0.273. The summed E-state index contributed by atoms with van der Waals surface area (Å²) in [5.41, 5.74) is 7.39. The first-order valence-electron chi connectivity index (χ1n) is 10.5. The molecule has 0 aliphatic carbocycles. The molecule has 1 amide bonds. The summed E-state index contributed by atoms with van der Waals surface area (Å²) in [7, 11) is -3.87. The lowest BCUT2D eigenvalue weighted by atomic mass is 9.96. The highest BCUT2D eigenvalue weighted by Crippen LogP contribution is 2.32. The van der Waals surface area contributed by atoms with Gasteiger partial charge in [-0.05, 0) is 49.6 Å².